The molecule has 1 unspecified atom stereocenters. The Bertz CT molecular complexity index is 443. The fourth-order valence-corrected chi connectivity index (χ4v) is 2.14. The van der Waals surface area contributed by atoms with Gasteiger partial charge in [0, 0.05) is 6.42 Å². The van der Waals surface area contributed by atoms with E-state index in [1.807, 2.05) is 12.1 Å². The number of ether oxygens (including phenoxy) is 1. The minimum absolute atomic E-state index is 0.102. The number of rotatable bonds is 4. The van der Waals surface area contributed by atoms with Gasteiger partial charge < -0.3 is 15.8 Å². The van der Waals surface area contributed by atoms with Crippen LogP contribution in [0.4, 0.5) is 5.69 Å². The fourth-order valence-electron chi connectivity index (χ4n) is 2.14. The number of fused-ring (bicyclic) bond motifs is 1. The van der Waals surface area contributed by atoms with E-state index in [-0.39, 0.29) is 5.91 Å². The largest absolute Gasteiger partial charge is 0.478 e. The maximum Gasteiger partial charge on any atom is 0.265 e. The summed E-state index contributed by atoms with van der Waals surface area (Å²) in [6.45, 7) is 4.79. The van der Waals surface area contributed by atoms with E-state index in [4.69, 9.17) is 10.5 Å². The molecule has 1 aromatic rings. The Hall–Kier alpha value is -1.55. The fraction of sp³-hybridized carbons (Fsp3) is 0.500. The molecule has 0 radical (unpaired) electrons. The number of benzene rings is 1. The quantitative estimate of drug-likeness (QED) is 0.855. The molecule has 0 aliphatic carbocycles. The second kappa shape index (κ2) is 5.40. The first-order valence-electron chi connectivity index (χ1n) is 6.40. The van der Waals surface area contributed by atoms with Crippen molar-refractivity contribution in [3.8, 4) is 5.75 Å². The third-order valence-electron chi connectivity index (χ3n) is 2.94. The van der Waals surface area contributed by atoms with Crippen LogP contribution >= 0.6 is 0 Å². The summed E-state index contributed by atoms with van der Waals surface area (Å²) in [5, 5.41) is 2.89. The van der Waals surface area contributed by atoms with Crippen molar-refractivity contribution in [1.29, 1.82) is 0 Å². The summed E-state index contributed by atoms with van der Waals surface area (Å²) < 4.78 is 5.65. The minimum atomic E-state index is -0.460. The lowest BCUT2D eigenvalue weighted by Crippen LogP contribution is -2.38. The Morgan fingerprint density at radius 3 is 2.89 bits per heavy atom. The van der Waals surface area contributed by atoms with E-state index >= 15 is 0 Å². The van der Waals surface area contributed by atoms with Crippen molar-refractivity contribution in [2.24, 2.45) is 11.7 Å². The van der Waals surface area contributed by atoms with Crippen LogP contribution in [0, 0.1) is 5.92 Å². The predicted octanol–water partition coefficient (Wildman–Crippen LogP) is 1.93. The Morgan fingerprint density at radius 1 is 1.44 bits per heavy atom. The van der Waals surface area contributed by atoms with Crippen molar-refractivity contribution < 1.29 is 9.53 Å². The van der Waals surface area contributed by atoms with E-state index < -0.39 is 6.10 Å². The molecule has 1 amide bonds. The molecule has 1 aliphatic rings. The van der Waals surface area contributed by atoms with E-state index in [9.17, 15) is 4.79 Å². The summed E-state index contributed by atoms with van der Waals surface area (Å²) in [6.07, 6.45) is 1.08. The van der Waals surface area contributed by atoms with E-state index in [0.29, 0.717) is 18.9 Å². The zero-order valence-corrected chi connectivity index (χ0v) is 10.9. The van der Waals surface area contributed by atoms with Crippen LogP contribution in [0.1, 0.15) is 25.8 Å². The predicted molar refractivity (Wildman–Crippen MR) is 71.7 cm³/mol. The molecule has 2 rings (SSSR count). The van der Waals surface area contributed by atoms with E-state index in [0.717, 1.165) is 17.9 Å². The second-order valence-corrected chi connectivity index (χ2v) is 5.10. The smallest absolute Gasteiger partial charge is 0.265 e. The number of carbonyl (C=O) groups is 1. The molecule has 1 aliphatic heterocycles. The van der Waals surface area contributed by atoms with Gasteiger partial charge in [0.05, 0.1) is 5.69 Å². The molecule has 1 aromatic carbocycles. The monoisotopic (exact) mass is 248 g/mol. The number of nitrogens with one attached hydrogen (secondary N) is 1. The number of nitrogens with two attached hydrogens (primary N) is 1. The standard InChI is InChI=1S/C14H20N2O2/c1-9(2)7-10-3-4-12-11(8-10)16-14(17)13(18-12)5-6-15/h3-4,8-9,13H,5-7,15H2,1-2H3,(H,16,17). The number of anilines is 1. The first kappa shape index (κ1) is 12.9. The third-order valence-corrected chi connectivity index (χ3v) is 2.94. The Morgan fingerprint density at radius 2 is 2.22 bits per heavy atom. The highest BCUT2D eigenvalue weighted by atomic mass is 16.5. The van der Waals surface area contributed by atoms with Gasteiger partial charge in [0.15, 0.2) is 6.10 Å². The van der Waals surface area contributed by atoms with Crippen LogP contribution in [0.25, 0.3) is 0 Å². The zero-order valence-electron chi connectivity index (χ0n) is 10.9. The zero-order chi connectivity index (χ0) is 13.1. The summed E-state index contributed by atoms with van der Waals surface area (Å²) in [4.78, 5) is 11.8. The molecule has 0 spiro atoms. The maximum atomic E-state index is 11.8. The van der Waals surface area contributed by atoms with Crippen LogP contribution in [-0.4, -0.2) is 18.6 Å². The van der Waals surface area contributed by atoms with Crippen LogP contribution in [-0.2, 0) is 11.2 Å². The van der Waals surface area contributed by atoms with Crippen LogP contribution in [0.3, 0.4) is 0 Å². The lowest BCUT2D eigenvalue weighted by atomic mass is 10.0. The Labute approximate surface area is 108 Å². The van der Waals surface area contributed by atoms with Gasteiger partial charge in [-0.1, -0.05) is 19.9 Å². The average Bonchev–Trinajstić information content (AvgIpc) is 2.30. The van der Waals surface area contributed by atoms with Crippen LogP contribution in [0.5, 0.6) is 5.75 Å². The highest BCUT2D eigenvalue weighted by molar-refractivity contribution is 5.97. The van der Waals surface area contributed by atoms with Gasteiger partial charge >= 0.3 is 0 Å². The third kappa shape index (κ3) is 2.82. The molecule has 0 saturated heterocycles. The average molecular weight is 248 g/mol. The van der Waals surface area contributed by atoms with Gasteiger partial charge in [-0.15, -0.1) is 0 Å². The first-order chi connectivity index (χ1) is 8.60. The van der Waals surface area contributed by atoms with Gasteiger partial charge in [-0.05, 0) is 36.6 Å². The Kier molecular flexibility index (Phi) is 3.87. The van der Waals surface area contributed by atoms with Gasteiger partial charge in [0.1, 0.15) is 5.75 Å². The van der Waals surface area contributed by atoms with Crippen molar-refractivity contribution in [1.82, 2.24) is 0 Å². The van der Waals surface area contributed by atoms with Crippen LogP contribution < -0.4 is 15.8 Å². The molecule has 98 valence electrons. The molecule has 0 bridgehead atoms. The van der Waals surface area contributed by atoms with Crippen LogP contribution in [0.15, 0.2) is 18.2 Å². The van der Waals surface area contributed by atoms with E-state index in [1.165, 1.54) is 5.56 Å². The van der Waals surface area contributed by atoms with Gasteiger partial charge in [0.25, 0.3) is 5.91 Å². The molecule has 0 saturated carbocycles. The lowest BCUT2D eigenvalue weighted by molar-refractivity contribution is -0.123. The van der Waals surface area contributed by atoms with Gasteiger partial charge in [-0.3, -0.25) is 4.79 Å². The van der Waals surface area contributed by atoms with Crippen molar-refractivity contribution in [2.75, 3.05) is 11.9 Å². The molecule has 0 fully saturated rings. The van der Waals surface area contributed by atoms with Crippen molar-refractivity contribution >= 4 is 11.6 Å². The molecule has 0 aromatic heterocycles. The summed E-state index contributed by atoms with van der Waals surface area (Å²) in [5.74, 6) is 1.23. The minimum Gasteiger partial charge on any atom is -0.478 e. The molecule has 1 atom stereocenters. The van der Waals surface area contributed by atoms with Gasteiger partial charge in [-0.25, -0.2) is 0 Å². The Balaban J connectivity index is 2.18. The molecule has 3 N–H and O–H groups in total. The number of hydrogen-bond donors (Lipinski definition) is 2. The van der Waals surface area contributed by atoms with Crippen LogP contribution in [0.2, 0.25) is 0 Å². The summed E-state index contributed by atoms with van der Waals surface area (Å²) in [7, 11) is 0. The lowest BCUT2D eigenvalue weighted by Gasteiger charge is -2.26. The number of carbonyl (C=O) groups excluding carboxylic acids is 1. The molecule has 4 heteroatoms. The van der Waals surface area contributed by atoms with Gasteiger partial charge in [0.2, 0.25) is 0 Å². The second-order valence-electron chi connectivity index (χ2n) is 5.10. The van der Waals surface area contributed by atoms with Crippen molar-refractivity contribution in [3.05, 3.63) is 23.8 Å². The molecule has 4 nitrogen and oxygen atoms in total. The highest BCUT2D eigenvalue weighted by Crippen LogP contribution is 2.31. The number of amides is 1. The molecular weight excluding hydrogens is 228 g/mol. The SMILES string of the molecule is CC(C)Cc1ccc2c(c1)NC(=O)C(CCN)O2. The molecule has 1 heterocycles. The summed E-state index contributed by atoms with van der Waals surface area (Å²) in [5.41, 5.74) is 7.44. The van der Waals surface area contributed by atoms with Gasteiger partial charge in [-0.2, -0.15) is 0 Å². The molecular formula is C14H20N2O2. The highest BCUT2D eigenvalue weighted by Gasteiger charge is 2.26. The summed E-state index contributed by atoms with van der Waals surface area (Å²) in [6, 6.07) is 5.97. The van der Waals surface area contributed by atoms with E-state index in [2.05, 4.69) is 25.2 Å². The first-order valence-corrected chi connectivity index (χ1v) is 6.40. The number of hydrogen-bond acceptors (Lipinski definition) is 3. The van der Waals surface area contributed by atoms with E-state index in [1.54, 1.807) is 0 Å². The molecule has 18 heavy (non-hydrogen) atoms. The maximum absolute atomic E-state index is 11.8. The normalized spacial score (nSPS) is 18.2. The summed E-state index contributed by atoms with van der Waals surface area (Å²) >= 11 is 0. The topological polar surface area (TPSA) is 64.4 Å². The van der Waals surface area contributed by atoms with Crippen molar-refractivity contribution in [3.63, 3.8) is 0 Å². The van der Waals surface area contributed by atoms with Crippen molar-refractivity contribution in [2.45, 2.75) is 32.8 Å².